The summed E-state index contributed by atoms with van der Waals surface area (Å²) in [6.45, 7) is 7.93. The minimum absolute atomic E-state index is 0.00154. The first-order valence-corrected chi connectivity index (χ1v) is 14.9. The summed E-state index contributed by atoms with van der Waals surface area (Å²) in [7, 11) is 0. The molecule has 0 radical (unpaired) electrons. The van der Waals surface area contributed by atoms with Gasteiger partial charge in [-0.2, -0.15) is 0 Å². The minimum atomic E-state index is -0.564. The number of piperazine rings is 1. The molecule has 3 heterocycles. The van der Waals surface area contributed by atoms with Gasteiger partial charge in [-0.05, 0) is 42.7 Å². The van der Waals surface area contributed by atoms with Crippen LogP contribution in [-0.2, 0) is 30.3 Å². The van der Waals surface area contributed by atoms with Crippen molar-refractivity contribution >= 4 is 5.91 Å². The van der Waals surface area contributed by atoms with E-state index >= 15 is 0 Å². The lowest BCUT2D eigenvalue weighted by molar-refractivity contribution is -0.172. The van der Waals surface area contributed by atoms with Gasteiger partial charge in [0.25, 0.3) is 5.91 Å². The van der Waals surface area contributed by atoms with Crippen LogP contribution in [0.5, 0.6) is 11.5 Å². The first kappa shape index (κ1) is 30.3. The predicted octanol–water partition coefficient (Wildman–Crippen LogP) is 3.15. The normalized spacial score (nSPS) is 22.1. The van der Waals surface area contributed by atoms with E-state index in [9.17, 15) is 4.79 Å². The van der Waals surface area contributed by atoms with Gasteiger partial charge in [0.05, 0.1) is 26.4 Å². The number of rotatable bonds is 14. The number of ether oxygens (including phenoxy) is 6. The Hall–Kier alpha value is -3.15. The van der Waals surface area contributed by atoms with E-state index < -0.39 is 6.29 Å². The van der Waals surface area contributed by atoms with Gasteiger partial charge >= 0.3 is 0 Å². The van der Waals surface area contributed by atoms with Crippen LogP contribution in [0.4, 0.5) is 0 Å². The molecule has 228 valence electrons. The van der Waals surface area contributed by atoms with Crippen LogP contribution in [0.25, 0.3) is 0 Å². The highest BCUT2D eigenvalue weighted by Gasteiger charge is 2.39. The molecule has 0 aliphatic carbocycles. The van der Waals surface area contributed by atoms with E-state index in [1.54, 1.807) is 0 Å². The van der Waals surface area contributed by atoms with Crippen LogP contribution < -0.4 is 9.47 Å². The summed E-state index contributed by atoms with van der Waals surface area (Å²) in [6, 6.07) is 16.2. The summed E-state index contributed by atoms with van der Waals surface area (Å²) in [4.78, 5) is 18.0. The molecule has 10 nitrogen and oxygen atoms in total. The molecule has 0 bridgehead atoms. The van der Waals surface area contributed by atoms with E-state index in [0.717, 1.165) is 42.3 Å². The van der Waals surface area contributed by atoms with Gasteiger partial charge in [-0.25, -0.2) is 0 Å². The number of hydrogen-bond acceptors (Lipinski definition) is 9. The highest BCUT2D eigenvalue weighted by Crippen LogP contribution is 2.39. The molecule has 10 heteroatoms. The number of fused-ring (bicyclic) bond motifs is 1. The molecule has 1 saturated heterocycles. The van der Waals surface area contributed by atoms with E-state index in [2.05, 4.69) is 23.1 Å². The molecule has 3 aliphatic rings. The Morgan fingerprint density at radius 2 is 1.71 bits per heavy atom. The predicted molar refractivity (Wildman–Crippen MR) is 155 cm³/mol. The van der Waals surface area contributed by atoms with Gasteiger partial charge in [-0.15, -0.1) is 0 Å². The Labute approximate surface area is 247 Å². The van der Waals surface area contributed by atoms with Crippen molar-refractivity contribution in [2.75, 3.05) is 72.6 Å². The van der Waals surface area contributed by atoms with Crippen molar-refractivity contribution in [2.24, 2.45) is 5.92 Å². The van der Waals surface area contributed by atoms with Crippen LogP contribution in [0.1, 0.15) is 30.4 Å². The van der Waals surface area contributed by atoms with Gasteiger partial charge < -0.3 is 38.4 Å². The molecule has 0 saturated carbocycles. The summed E-state index contributed by atoms with van der Waals surface area (Å²) < 4.78 is 34.4. The average Bonchev–Trinajstić information content (AvgIpc) is 3.50. The number of nitrogens with zero attached hydrogens (tertiary/aromatic N) is 2. The van der Waals surface area contributed by atoms with Crippen LogP contribution in [-0.4, -0.2) is 99.7 Å². The number of aliphatic hydroxyl groups excluding tert-OH is 1. The Balaban J connectivity index is 1.22. The fourth-order valence-corrected chi connectivity index (χ4v) is 5.65. The SMILES string of the molecule is CCO[C@H]1OC(C(=O)N2CCN(Cc3ccc4c(c3)OCO4)CC2)=C[C@@H](c2ccccc2)[C@H]1CCOCCOCCO. The number of carbonyl (C=O) groups is 1. The quantitative estimate of drug-likeness (QED) is 0.337. The lowest BCUT2D eigenvalue weighted by Crippen LogP contribution is -2.50. The van der Waals surface area contributed by atoms with Crippen LogP contribution >= 0.6 is 0 Å². The van der Waals surface area contributed by atoms with Crippen molar-refractivity contribution in [3.05, 3.63) is 71.5 Å². The molecule has 2 aromatic carbocycles. The van der Waals surface area contributed by atoms with Crippen molar-refractivity contribution in [3.63, 3.8) is 0 Å². The molecule has 3 atom stereocenters. The van der Waals surface area contributed by atoms with Gasteiger partial charge in [-0.1, -0.05) is 36.4 Å². The van der Waals surface area contributed by atoms with E-state index in [-0.39, 0.29) is 31.1 Å². The molecule has 2 aromatic rings. The second-order valence-electron chi connectivity index (χ2n) is 10.6. The van der Waals surface area contributed by atoms with Crippen molar-refractivity contribution in [2.45, 2.75) is 32.1 Å². The molecule has 0 spiro atoms. The summed E-state index contributed by atoms with van der Waals surface area (Å²) in [5, 5.41) is 8.86. The molecule has 1 N–H and O–H groups in total. The Kier molecular flexibility index (Phi) is 11.1. The van der Waals surface area contributed by atoms with Crippen LogP contribution in [0.2, 0.25) is 0 Å². The molecule has 0 unspecified atom stereocenters. The van der Waals surface area contributed by atoms with Gasteiger partial charge in [0.15, 0.2) is 17.3 Å². The summed E-state index contributed by atoms with van der Waals surface area (Å²) >= 11 is 0. The second-order valence-corrected chi connectivity index (χ2v) is 10.6. The first-order chi connectivity index (χ1) is 20.7. The molecule has 5 rings (SSSR count). The van der Waals surface area contributed by atoms with E-state index in [4.69, 9.17) is 33.5 Å². The third-order valence-corrected chi connectivity index (χ3v) is 7.82. The number of benzene rings is 2. The molecule has 3 aliphatic heterocycles. The summed E-state index contributed by atoms with van der Waals surface area (Å²) in [5.41, 5.74) is 2.27. The van der Waals surface area contributed by atoms with Crippen molar-refractivity contribution < 1.29 is 38.3 Å². The lowest BCUT2D eigenvalue weighted by Gasteiger charge is -2.39. The highest BCUT2D eigenvalue weighted by atomic mass is 16.7. The number of allylic oxidation sites excluding steroid dienone is 1. The maximum Gasteiger partial charge on any atom is 0.288 e. The minimum Gasteiger partial charge on any atom is -0.459 e. The number of carbonyl (C=O) groups excluding carboxylic acids is 1. The zero-order valence-corrected chi connectivity index (χ0v) is 24.3. The van der Waals surface area contributed by atoms with E-state index in [1.165, 1.54) is 0 Å². The molecule has 0 aromatic heterocycles. The van der Waals surface area contributed by atoms with E-state index in [0.29, 0.717) is 58.3 Å². The van der Waals surface area contributed by atoms with Crippen molar-refractivity contribution in [3.8, 4) is 11.5 Å². The standard InChI is InChI=1S/C32H42N2O8/c1-2-39-32-26(10-16-37-18-19-38-17-15-35)27(25-6-4-3-5-7-25)21-30(42-32)31(36)34-13-11-33(12-14-34)22-24-8-9-28-29(20-24)41-23-40-28/h3-9,20-21,26-27,32,35H,2,10-19,22-23H2,1H3/t26-,27+,32+/m1/s1. The molecular formula is C32H42N2O8. The van der Waals surface area contributed by atoms with Gasteiger partial charge in [0.2, 0.25) is 13.1 Å². The summed E-state index contributed by atoms with van der Waals surface area (Å²) in [5.74, 6) is 1.74. The maximum absolute atomic E-state index is 13.7. The largest absolute Gasteiger partial charge is 0.459 e. The fourth-order valence-electron chi connectivity index (χ4n) is 5.65. The summed E-state index contributed by atoms with van der Waals surface area (Å²) in [6.07, 6.45) is 2.10. The lowest BCUT2D eigenvalue weighted by atomic mass is 9.81. The zero-order valence-electron chi connectivity index (χ0n) is 24.3. The van der Waals surface area contributed by atoms with Crippen molar-refractivity contribution in [1.82, 2.24) is 9.80 Å². The topological polar surface area (TPSA) is 99.2 Å². The van der Waals surface area contributed by atoms with E-state index in [1.807, 2.05) is 48.2 Å². The number of amides is 1. The second kappa shape index (κ2) is 15.4. The molecule has 42 heavy (non-hydrogen) atoms. The maximum atomic E-state index is 13.7. The monoisotopic (exact) mass is 582 g/mol. The van der Waals surface area contributed by atoms with Crippen LogP contribution in [0.15, 0.2) is 60.4 Å². The van der Waals surface area contributed by atoms with Crippen LogP contribution in [0.3, 0.4) is 0 Å². The number of hydrogen-bond donors (Lipinski definition) is 1. The Morgan fingerprint density at radius 3 is 2.48 bits per heavy atom. The first-order valence-electron chi connectivity index (χ1n) is 14.9. The third-order valence-electron chi connectivity index (χ3n) is 7.82. The Bertz CT molecular complexity index is 1170. The zero-order chi connectivity index (χ0) is 29.1. The highest BCUT2D eigenvalue weighted by molar-refractivity contribution is 5.92. The smallest absolute Gasteiger partial charge is 0.288 e. The van der Waals surface area contributed by atoms with Crippen LogP contribution in [0, 0.1) is 5.92 Å². The van der Waals surface area contributed by atoms with Gasteiger partial charge in [-0.3, -0.25) is 9.69 Å². The third kappa shape index (κ3) is 7.81. The van der Waals surface area contributed by atoms with Crippen molar-refractivity contribution in [1.29, 1.82) is 0 Å². The fraction of sp³-hybridized carbons (Fsp3) is 0.531. The molecule has 1 fully saturated rings. The van der Waals surface area contributed by atoms with Gasteiger partial charge in [0.1, 0.15) is 0 Å². The Morgan fingerprint density at radius 1 is 0.952 bits per heavy atom. The molecular weight excluding hydrogens is 540 g/mol. The van der Waals surface area contributed by atoms with Gasteiger partial charge in [0, 0.05) is 57.8 Å². The molecule has 1 amide bonds. The number of aliphatic hydroxyl groups is 1. The average molecular weight is 583 g/mol.